The Labute approximate surface area is 169 Å². The highest BCUT2D eigenvalue weighted by atomic mass is 79.9. The van der Waals surface area contributed by atoms with Crippen LogP contribution in [0.15, 0.2) is 46.9 Å². The van der Waals surface area contributed by atoms with Crippen LogP contribution in [0.5, 0.6) is 0 Å². The largest absolute Gasteiger partial charge is 0.340 e. The summed E-state index contributed by atoms with van der Waals surface area (Å²) in [6.07, 6.45) is 2.32. The van der Waals surface area contributed by atoms with E-state index in [-0.39, 0.29) is 16.6 Å². The van der Waals surface area contributed by atoms with E-state index in [2.05, 4.69) is 26.6 Å². The molecule has 2 rings (SSSR count). The van der Waals surface area contributed by atoms with Crippen LogP contribution in [0, 0.1) is 5.82 Å². The molecule has 0 aliphatic carbocycles. The molecule has 0 bridgehead atoms. The van der Waals surface area contributed by atoms with Crippen LogP contribution < -0.4 is 10.6 Å². The summed E-state index contributed by atoms with van der Waals surface area (Å²) in [6.45, 7) is 0. The fraction of sp³-hybridized carbons (Fsp3) is 0.222. The van der Waals surface area contributed by atoms with Gasteiger partial charge in [0.1, 0.15) is 11.9 Å². The van der Waals surface area contributed by atoms with Gasteiger partial charge in [0.25, 0.3) is 5.91 Å². The van der Waals surface area contributed by atoms with Crippen LogP contribution in [0.2, 0.25) is 5.02 Å². The Morgan fingerprint density at radius 3 is 2.65 bits per heavy atom. The Morgan fingerprint density at radius 1 is 1.27 bits per heavy atom. The summed E-state index contributed by atoms with van der Waals surface area (Å²) >= 11 is 10.6. The number of nitrogens with one attached hydrogen (secondary N) is 2. The van der Waals surface area contributed by atoms with Gasteiger partial charge in [0.05, 0.1) is 11.3 Å². The first-order valence-corrected chi connectivity index (χ1v) is 10.3. The number of hydrogen-bond donors (Lipinski definition) is 2. The zero-order valence-electron chi connectivity index (χ0n) is 13.9. The van der Waals surface area contributed by atoms with Crippen molar-refractivity contribution in [3.05, 3.63) is 63.3 Å². The third-order valence-corrected chi connectivity index (χ3v) is 5.11. The minimum absolute atomic E-state index is 0.0173. The van der Waals surface area contributed by atoms with E-state index in [1.807, 2.05) is 6.26 Å². The molecule has 2 amide bonds. The van der Waals surface area contributed by atoms with Crippen molar-refractivity contribution in [1.82, 2.24) is 5.32 Å². The van der Waals surface area contributed by atoms with Gasteiger partial charge in [0.15, 0.2) is 0 Å². The molecule has 0 saturated heterocycles. The van der Waals surface area contributed by atoms with Crippen molar-refractivity contribution in [3.63, 3.8) is 0 Å². The molecule has 138 valence electrons. The number of anilines is 1. The van der Waals surface area contributed by atoms with Gasteiger partial charge in [-0.15, -0.1) is 0 Å². The normalized spacial score (nSPS) is 11.7. The molecular weight excluding hydrogens is 443 g/mol. The second-order valence-electron chi connectivity index (χ2n) is 5.40. The quantitative estimate of drug-likeness (QED) is 0.629. The molecular formula is C18H17BrClFN2O2S. The molecule has 0 aromatic heterocycles. The monoisotopic (exact) mass is 458 g/mol. The standard InChI is InChI=1S/C18H17BrClFN2O2S/c1-26-9-8-16(23-17(24)12-4-2-3-5-13(12)19)18(25)22-15-7-6-11(20)10-14(15)21/h2-7,10,16H,8-9H2,1H3,(H,22,25)(H,23,24). The molecule has 1 atom stereocenters. The lowest BCUT2D eigenvalue weighted by Gasteiger charge is -2.19. The summed E-state index contributed by atoms with van der Waals surface area (Å²) in [5.41, 5.74) is 0.441. The van der Waals surface area contributed by atoms with E-state index in [9.17, 15) is 14.0 Å². The lowest BCUT2D eigenvalue weighted by molar-refractivity contribution is -0.118. The lowest BCUT2D eigenvalue weighted by Crippen LogP contribution is -2.44. The Kier molecular flexibility index (Phi) is 7.93. The van der Waals surface area contributed by atoms with Gasteiger partial charge in [-0.1, -0.05) is 23.7 Å². The zero-order chi connectivity index (χ0) is 19.1. The zero-order valence-corrected chi connectivity index (χ0v) is 17.1. The molecule has 0 heterocycles. The molecule has 0 fully saturated rings. The SMILES string of the molecule is CSCCC(NC(=O)c1ccccc1Br)C(=O)Nc1ccc(Cl)cc1F. The lowest BCUT2D eigenvalue weighted by atomic mass is 10.1. The number of carbonyl (C=O) groups excluding carboxylic acids is 2. The Hall–Kier alpha value is -1.57. The summed E-state index contributed by atoms with van der Waals surface area (Å²) in [5.74, 6) is -0.833. The van der Waals surface area contributed by atoms with Crippen LogP contribution >= 0.6 is 39.3 Å². The molecule has 1 unspecified atom stereocenters. The number of benzene rings is 2. The first-order valence-electron chi connectivity index (χ1n) is 7.72. The third kappa shape index (κ3) is 5.72. The van der Waals surface area contributed by atoms with Crippen molar-refractivity contribution in [3.8, 4) is 0 Å². The average molecular weight is 460 g/mol. The van der Waals surface area contributed by atoms with E-state index in [1.54, 1.807) is 36.0 Å². The van der Waals surface area contributed by atoms with Gasteiger partial charge in [-0.25, -0.2) is 4.39 Å². The molecule has 0 aliphatic rings. The van der Waals surface area contributed by atoms with Crippen LogP contribution in [-0.2, 0) is 4.79 Å². The van der Waals surface area contributed by atoms with E-state index in [4.69, 9.17) is 11.6 Å². The molecule has 2 N–H and O–H groups in total. The number of amides is 2. The highest BCUT2D eigenvalue weighted by Crippen LogP contribution is 2.20. The maximum atomic E-state index is 13.9. The maximum Gasteiger partial charge on any atom is 0.253 e. The fourth-order valence-corrected chi connectivity index (χ4v) is 3.29. The molecule has 8 heteroatoms. The van der Waals surface area contributed by atoms with Crippen molar-refractivity contribution in [2.24, 2.45) is 0 Å². The number of halogens is 3. The van der Waals surface area contributed by atoms with Gasteiger partial charge < -0.3 is 10.6 Å². The van der Waals surface area contributed by atoms with Gasteiger partial charge in [-0.3, -0.25) is 9.59 Å². The number of hydrogen-bond acceptors (Lipinski definition) is 3. The van der Waals surface area contributed by atoms with Crippen molar-refractivity contribution >= 4 is 56.8 Å². The summed E-state index contributed by atoms with van der Waals surface area (Å²) in [5, 5.41) is 5.46. The minimum atomic E-state index is -0.794. The van der Waals surface area contributed by atoms with Gasteiger partial charge in [-0.05, 0) is 64.7 Å². The fourth-order valence-electron chi connectivity index (χ4n) is 2.20. The third-order valence-electron chi connectivity index (χ3n) is 3.54. The van der Waals surface area contributed by atoms with Crippen molar-refractivity contribution in [2.75, 3.05) is 17.3 Å². The van der Waals surface area contributed by atoms with Crippen LogP contribution in [0.25, 0.3) is 0 Å². The van der Waals surface area contributed by atoms with Gasteiger partial charge in [-0.2, -0.15) is 11.8 Å². The predicted molar refractivity (Wildman–Crippen MR) is 108 cm³/mol. The predicted octanol–water partition coefficient (Wildman–Crippen LogP) is 4.73. The first kappa shape index (κ1) is 20.7. The van der Waals surface area contributed by atoms with Crippen molar-refractivity contribution < 1.29 is 14.0 Å². The smallest absolute Gasteiger partial charge is 0.253 e. The molecule has 0 radical (unpaired) electrons. The van der Waals surface area contributed by atoms with Crippen molar-refractivity contribution in [1.29, 1.82) is 0 Å². The van der Waals surface area contributed by atoms with Crippen molar-refractivity contribution in [2.45, 2.75) is 12.5 Å². The van der Waals surface area contributed by atoms with Crippen LogP contribution in [0.3, 0.4) is 0 Å². The molecule has 2 aromatic carbocycles. The summed E-state index contributed by atoms with van der Waals surface area (Å²) < 4.78 is 14.5. The van der Waals surface area contributed by atoms with E-state index >= 15 is 0 Å². The minimum Gasteiger partial charge on any atom is -0.340 e. The van der Waals surface area contributed by atoms with E-state index in [0.29, 0.717) is 22.2 Å². The molecule has 2 aromatic rings. The van der Waals surface area contributed by atoms with E-state index in [1.165, 1.54) is 12.1 Å². The molecule has 4 nitrogen and oxygen atoms in total. The number of carbonyl (C=O) groups is 2. The number of rotatable bonds is 7. The molecule has 26 heavy (non-hydrogen) atoms. The van der Waals surface area contributed by atoms with Gasteiger partial charge >= 0.3 is 0 Å². The van der Waals surface area contributed by atoms with Gasteiger partial charge in [0, 0.05) is 9.50 Å². The van der Waals surface area contributed by atoms with Crippen LogP contribution in [0.4, 0.5) is 10.1 Å². The Bertz CT molecular complexity index is 807. The molecule has 0 spiro atoms. The highest BCUT2D eigenvalue weighted by molar-refractivity contribution is 9.10. The van der Waals surface area contributed by atoms with Crippen LogP contribution in [0.1, 0.15) is 16.8 Å². The topological polar surface area (TPSA) is 58.2 Å². The summed E-state index contributed by atoms with van der Waals surface area (Å²) in [6, 6.07) is 10.1. The number of thioether (sulfide) groups is 1. The summed E-state index contributed by atoms with van der Waals surface area (Å²) in [7, 11) is 0. The average Bonchev–Trinajstić information content (AvgIpc) is 2.61. The van der Waals surface area contributed by atoms with E-state index in [0.717, 1.165) is 6.07 Å². The summed E-state index contributed by atoms with van der Waals surface area (Å²) in [4.78, 5) is 25.0. The molecule has 0 aliphatic heterocycles. The van der Waals surface area contributed by atoms with Gasteiger partial charge in [0.2, 0.25) is 5.91 Å². The Balaban J connectivity index is 2.14. The first-order chi connectivity index (χ1) is 12.4. The second-order valence-corrected chi connectivity index (χ2v) is 7.68. The molecule has 0 saturated carbocycles. The van der Waals surface area contributed by atoms with E-state index < -0.39 is 17.8 Å². The highest BCUT2D eigenvalue weighted by Gasteiger charge is 2.23. The maximum absolute atomic E-state index is 13.9. The Morgan fingerprint density at radius 2 is 2.00 bits per heavy atom. The second kappa shape index (κ2) is 9.94. The van der Waals surface area contributed by atoms with Crippen LogP contribution in [-0.4, -0.2) is 29.9 Å².